The van der Waals surface area contributed by atoms with E-state index in [9.17, 15) is 19.5 Å². The van der Waals surface area contributed by atoms with Crippen LogP contribution in [-0.2, 0) is 9.53 Å². The molecule has 1 aliphatic rings. The predicted molar refractivity (Wildman–Crippen MR) is 133 cm³/mol. The lowest BCUT2D eigenvalue weighted by molar-refractivity contribution is -0.139. The zero-order valence-electron chi connectivity index (χ0n) is 18.5. The van der Waals surface area contributed by atoms with Crippen molar-refractivity contribution in [2.24, 2.45) is 0 Å². The number of halogens is 1. The number of benzene rings is 3. The summed E-state index contributed by atoms with van der Waals surface area (Å²) in [5.74, 6) is -1.98. The van der Waals surface area contributed by atoms with Crippen molar-refractivity contribution in [2.75, 3.05) is 18.5 Å². The normalized spacial score (nSPS) is 12.9. The quantitative estimate of drug-likeness (QED) is 0.337. The molecule has 4 N–H and O–H groups in total. The summed E-state index contributed by atoms with van der Waals surface area (Å²) in [4.78, 5) is 36.4. The molecule has 1 unspecified atom stereocenters. The zero-order chi connectivity index (χ0) is 24.9. The average molecular weight is 539 g/mol. The van der Waals surface area contributed by atoms with Crippen LogP contribution in [0.15, 0.2) is 71.2 Å². The summed E-state index contributed by atoms with van der Waals surface area (Å²) >= 11 is 3.34. The van der Waals surface area contributed by atoms with Crippen LogP contribution in [0.25, 0.3) is 11.1 Å². The first-order valence-electron chi connectivity index (χ1n) is 10.9. The molecule has 0 fully saturated rings. The van der Waals surface area contributed by atoms with Gasteiger partial charge in [-0.25, -0.2) is 9.59 Å². The molecule has 0 bridgehead atoms. The molecular formula is C26H23BrN2O6. The summed E-state index contributed by atoms with van der Waals surface area (Å²) in [5, 5.41) is 23.2. The number of ether oxygens (including phenoxy) is 1. The number of hydrogen-bond acceptors (Lipinski definition) is 5. The Hall–Kier alpha value is -3.69. The van der Waals surface area contributed by atoms with Crippen LogP contribution < -0.4 is 10.6 Å². The van der Waals surface area contributed by atoms with Crippen molar-refractivity contribution in [3.05, 3.63) is 87.9 Å². The molecule has 0 aliphatic heterocycles. The summed E-state index contributed by atoms with van der Waals surface area (Å²) in [7, 11) is 0. The molecule has 3 aromatic rings. The average Bonchev–Trinajstić information content (AvgIpc) is 3.17. The van der Waals surface area contributed by atoms with Crippen molar-refractivity contribution < 1.29 is 29.3 Å². The maximum atomic E-state index is 12.6. The SMILES string of the molecule is O=C(Nc1cc(C(=O)NC(CCO)C(=O)O)ccc1Br)OCC1c2ccccc2-c2ccccc21. The van der Waals surface area contributed by atoms with Crippen LogP contribution in [-0.4, -0.2) is 47.4 Å². The number of fused-ring (bicyclic) bond motifs is 3. The third-order valence-electron chi connectivity index (χ3n) is 5.83. The molecule has 1 aliphatic carbocycles. The number of carboxylic acid groups (broad SMARTS) is 1. The molecule has 180 valence electrons. The van der Waals surface area contributed by atoms with Gasteiger partial charge < -0.3 is 20.3 Å². The van der Waals surface area contributed by atoms with Crippen molar-refractivity contribution in [2.45, 2.75) is 18.4 Å². The van der Waals surface area contributed by atoms with E-state index < -0.39 is 24.0 Å². The molecule has 0 saturated heterocycles. The van der Waals surface area contributed by atoms with Gasteiger partial charge in [-0.2, -0.15) is 0 Å². The Morgan fingerprint density at radius 2 is 1.60 bits per heavy atom. The van der Waals surface area contributed by atoms with E-state index in [2.05, 4.69) is 38.7 Å². The highest BCUT2D eigenvalue weighted by Gasteiger charge is 2.29. The summed E-state index contributed by atoms with van der Waals surface area (Å²) < 4.78 is 6.07. The highest BCUT2D eigenvalue weighted by atomic mass is 79.9. The molecule has 0 saturated carbocycles. The zero-order valence-corrected chi connectivity index (χ0v) is 20.1. The minimum Gasteiger partial charge on any atom is -0.480 e. The number of aliphatic hydroxyl groups is 1. The highest BCUT2D eigenvalue weighted by molar-refractivity contribution is 9.10. The maximum absolute atomic E-state index is 12.6. The number of carbonyl (C=O) groups excluding carboxylic acids is 2. The van der Waals surface area contributed by atoms with Gasteiger partial charge in [0.15, 0.2) is 0 Å². The second-order valence-corrected chi connectivity index (χ2v) is 8.88. The predicted octanol–water partition coefficient (Wildman–Crippen LogP) is 4.38. The Kier molecular flexibility index (Phi) is 7.48. The van der Waals surface area contributed by atoms with Gasteiger partial charge in [0, 0.05) is 29.0 Å². The molecule has 0 aromatic heterocycles. The number of aliphatic carboxylic acids is 1. The third kappa shape index (κ3) is 5.36. The van der Waals surface area contributed by atoms with Crippen LogP contribution in [0.1, 0.15) is 33.8 Å². The lowest BCUT2D eigenvalue weighted by Crippen LogP contribution is -2.41. The van der Waals surface area contributed by atoms with Gasteiger partial charge >= 0.3 is 12.1 Å². The fourth-order valence-electron chi connectivity index (χ4n) is 4.13. The van der Waals surface area contributed by atoms with Crippen LogP contribution in [0.5, 0.6) is 0 Å². The van der Waals surface area contributed by atoms with Crippen LogP contribution in [0, 0.1) is 0 Å². The number of aliphatic hydroxyl groups excluding tert-OH is 1. The molecule has 35 heavy (non-hydrogen) atoms. The van der Waals surface area contributed by atoms with E-state index in [-0.39, 0.29) is 31.1 Å². The van der Waals surface area contributed by atoms with Gasteiger partial charge in [0.1, 0.15) is 12.6 Å². The Labute approximate surface area is 210 Å². The minimum absolute atomic E-state index is 0.0896. The van der Waals surface area contributed by atoms with Crippen LogP contribution in [0.3, 0.4) is 0 Å². The first kappa shape index (κ1) is 24.4. The van der Waals surface area contributed by atoms with Gasteiger partial charge in [0.25, 0.3) is 5.91 Å². The molecule has 3 aromatic carbocycles. The molecule has 9 heteroatoms. The molecular weight excluding hydrogens is 516 g/mol. The summed E-state index contributed by atoms with van der Waals surface area (Å²) in [6.07, 6.45) is -0.809. The van der Waals surface area contributed by atoms with Crippen molar-refractivity contribution in [1.29, 1.82) is 0 Å². The molecule has 0 radical (unpaired) electrons. The van der Waals surface area contributed by atoms with Crippen molar-refractivity contribution in [1.82, 2.24) is 5.32 Å². The fourth-order valence-corrected chi connectivity index (χ4v) is 4.48. The van der Waals surface area contributed by atoms with Gasteiger partial charge in [-0.1, -0.05) is 48.5 Å². The number of nitrogens with one attached hydrogen (secondary N) is 2. The summed E-state index contributed by atoms with van der Waals surface area (Å²) in [5.41, 5.74) is 4.88. The Morgan fingerprint density at radius 1 is 0.971 bits per heavy atom. The number of amides is 2. The van der Waals surface area contributed by atoms with Gasteiger partial charge in [-0.3, -0.25) is 10.1 Å². The Morgan fingerprint density at radius 3 is 2.20 bits per heavy atom. The van der Waals surface area contributed by atoms with Gasteiger partial charge in [0.05, 0.1) is 5.69 Å². The number of anilines is 1. The van der Waals surface area contributed by atoms with E-state index in [0.717, 1.165) is 22.3 Å². The lowest BCUT2D eigenvalue weighted by Gasteiger charge is -2.16. The van der Waals surface area contributed by atoms with Gasteiger partial charge in [0.2, 0.25) is 0 Å². The number of carboxylic acids is 1. The molecule has 0 heterocycles. The standard InChI is InChI=1S/C26H23BrN2O6/c27-21-10-9-15(24(31)28-22(11-12-30)25(32)33)13-23(21)29-26(34)35-14-20-18-7-3-1-5-16(18)17-6-2-4-8-19(17)20/h1-10,13,20,22,30H,11-12,14H2,(H,28,31)(H,29,34)(H,32,33). The number of carbonyl (C=O) groups is 3. The van der Waals surface area contributed by atoms with Crippen LogP contribution >= 0.6 is 15.9 Å². The van der Waals surface area contributed by atoms with Crippen LogP contribution in [0.2, 0.25) is 0 Å². The Balaban J connectivity index is 1.43. The molecule has 0 spiro atoms. The van der Waals surface area contributed by atoms with E-state index in [1.807, 2.05) is 36.4 Å². The van der Waals surface area contributed by atoms with Gasteiger partial charge in [-0.05, 0) is 56.4 Å². The smallest absolute Gasteiger partial charge is 0.411 e. The van der Waals surface area contributed by atoms with Gasteiger partial charge in [-0.15, -0.1) is 0 Å². The monoisotopic (exact) mass is 538 g/mol. The van der Waals surface area contributed by atoms with Crippen molar-refractivity contribution in [3.63, 3.8) is 0 Å². The molecule has 2 amide bonds. The molecule has 1 atom stereocenters. The van der Waals surface area contributed by atoms with Crippen molar-refractivity contribution >= 4 is 39.6 Å². The van der Waals surface area contributed by atoms with E-state index in [0.29, 0.717) is 10.2 Å². The van der Waals surface area contributed by atoms with Crippen molar-refractivity contribution in [3.8, 4) is 11.1 Å². The second kappa shape index (κ2) is 10.7. The first-order valence-corrected chi connectivity index (χ1v) is 11.7. The fraction of sp³-hybridized carbons (Fsp3) is 0.192. The number of rotatable bonds is 8. The summed E-state index contributed by atoms with van der Waals surface area (Å²) in [6, 6.07) is 19.3. The first-order chi connectivity index (χ1) is 16.9. The van der Waals surface area contributed by atoms with E-state index in [4.69, 9.17) is 9.84 Å². The van der Waals surface area contributed by atoms with E-state index >= 15 is 0 Å². The highest BCUT2D eigenvalue weighted by Crippen LogP contribution is 2.44. The topological polar surface area (TPSA) is 125 Å². The largest absolute Gasteiger partial charge is 0.480 e. The Bertz CT molecular complexity index is 1230. The third-order valence-corrected chi connectivity index (χ3v) is 6.52. The maximum Gasteiger partial charge on any atom is 0.411 e. The number of hydrogen-bond donors (Lipinski definition) is 4. The lowest BCUT2D eigenvalue weighted by atomic mass is 9.98. The minimum atomic E-state index is -1.25. The van der Waals surface area contributed by atoms with E-state index in [1.165, 1.54) is 12.1 Å². The van der Waals surface area contributed by atoms with Crippen LogP contribution in [0.4, 0.5) is 10.5 Å². The second-order valence-electron chi connectivity index (χ2n) is 8.02. The van der Waals surface area contributed by atoms with E-state index in [1.54, 1.807) is 6.07 Å². The molecule has 4 rings (SSSR count). The molecule has 8 nitrogen and oxygen atoms in total. The summed E-state index contributed by atoms with van der Waals surface area (Å²) in [6.45, 7) is -0.245.